The molecule has 0 saturated carbocycles. The first-order valence-electron chi connectivity index (χ1n) is 8.39. The van der Waals surface area contributed by atoms with Crippen LogP contribution in [-0.2, 0) is 28.9 Å². The fourth-order valence-electron chi connectivity index (χ4n) is 3.19. The first-order chi connectivity index (χ1) is 11.6. The van der Waals surface area contributed by atoms with Crippen molar-refractivity contribution in [2.75, 3.05) is 10.6 Å². The summed E-state index contributed by atoms with van der Waals surface area (Å²) in [5, 5.41) is 5.78. The minimum absolute atomic E-state index is 0.0127. The second-order valence-electron chi connectivity index (χ2n) is 6.25. The molecule has 0 bridgehead atoms. The van der Waals surface area contributed by atoms with E-state index in [2.05, 4.69) is 16.7 Å². The summed E-state index contributed by atoms with van der Waals surface area (Å²) in [6.07, 6.45) is 4.88. The zero-order valence-electron chi connectivity index (χ0n) is 13.9. The maximum atomic E-state index is 12.3. The summed E-state index contributed by atoms with van der Waals surface area (Å²) in [5.41, 5.74) is 5.26. The number of aryl methyl sites for hydroxylation is 1. The van der Waals surface area contributed by atoms with Crippen LogP contribution in [0, 0.1) is 0 Å². The number of carbonyl (C=O) groups excluding carboxylic acids is 2. The number of nitrogens with one attached hydrogen (secondary N) is 2. The molecule has 2 amide bonds. The van der Waals surface area contributed by atoms with Crippen LogP contribution in [0.25, 0.3) is 0 Å². The molecule has 4 heteroatoms. The highest BCUT2D eigenvalue weighted by Gasteiger charge is 2.14. The molecule has 1 aliphatic carbocycles. The fourth-order valence-corrected chi connectivity index (χ4v) is 3.19. The average Bonchev–Trinajstić information content (AvgIpc) is 2.56. The van der Waals surface area contributed by atoms with Crippen molar-refractivity contribution >= 4 is 23.2 Å². The van der Waals surface area contributed by atoms with Gasteiger partial charge >= 0.3 is 0 Å². The Labute approximate surface area is 142 Å². The molecule has 0 saturated heterocycles. The van der Waals surface area contributed by atoms with E-state index in [9.17, 15) is 9.59 Å². The molecule has 24 heavy (non-hydrogen) atoms. The summed E-state index contributed by atoms with van der Waals surface area (Å²) < 4.78 is 0. The highest BCUT2D eigenvalue weighted by atomic mass is 16.2. The molecule has 0 radical (unpaired) electrons. The van der Waals surface area contributed by atoms with Crippen LogP contribution in [0.15, 0.2) is 42.5 Å². The monoisotopic (exact) mass is 322 g/mol. The Morgan fingerprint density at radius 3 is 2.46 bits per heavy atom. The van der Waals surface area contributed by atoms with Crippen LogP contribution >= 0.6 is 0 Å². The van der Waals surface area contributed by atoms with Gasteiger partial charge in [-0.1, -0.05) is 24.3 Å². The zero-order chi connectivity index (χ0) is 16.9. The van der Waals surface area contributed by atoms with Gasteiger partial charge in [-0.2, -0.15) is 0 Å². The standard InChI is InChI=1S/C20H22N2O2/c1-14(23)21-17-11-9-15(10-12-17)13-20(24)22-19-8-4-6-16-5-2-3-7-18(16)19/h4,6,8-12H,2-3,5,7,13H2,1H3,(H,21,23)(H,22,24). The van der Waals surface area contributed by atoms with Gasteiger partial charge in [0.05, 0.1) is 6.42 Å². The van der Waals surface area contributed by atoms with Crippen molar-refractivity contribution < 1.29 is 9.59 Å². The van der Waals surface area contributed by atoms with Crippen molar-refractivity contribution in [3.63, 3.8) is 0 Å². The summed E-state index contributed by atoms with van der Waals surface area (Å²) in [7, 11) is 0. The molecule has 0 heterocycles. The maximum absolute atomic E-state index is 12.3. The Morgan fingerprint density at radius 1 is 0.958 bits per heavy atom. The van der Waals surface area contributed by atoms with Gasteiger partial charge in [0.2, 0.25) is 11.8 Å². The normalized spacial score (nSPS) is 13.0. The molecule has 0 fully saturated rings. The largest absolute Gasteiger partial charge is 0.326 e. The molecule has 2 N–H and O–H groups in total. The van der Waals surface area contributed by atoms with Crippen molar-refractivity contribution in [1.82, 2.24) is 0 Å². The summed E-state index contributed by atoms with van der Waals surface area (Å²) in [6, 6.07) is 13.5. The van der Waals surface area contributed by atoms with Gasteiger partial charge in [-0.3, -0.25) is 9.59 Å². The van der Waals surface area contributed by atoms with Gasteiger partial charge in [0.25, 0.3) is 0 Å². The molecule has 0 aliphatic heterocycles. The third kappa shape index (κ3) is 4.02. The molecule has 2 aromatic carbocycles. The Hall–Kier alpha value is -2.62. The molecule has 1 aliphatic rings. The lowest BCUT2D eigenvalue weighted by molar-refractivity contribution is -0.116. The van der Waals surface area contributed by atoms with E-state index < -0.39 is 0 Å². The van der Waals surface area contributed by atoms with Gasteiger partial charge in [-0.25, -0.2) is 0 Å². The lowest BCUT2D eigenvalue weighted by Crippen LogP contribution is -2.17. The first-order valence-corrected chi connectivity index (χ1v) is 8.39. The molecular weight excluding hydrogens is 300 g/mol. The minimum Gasteiger partial charge on any atom is -0.326 e. The van der Waals surface area contributed by atoms with E-state index in [4.69, 9.17) is 0 Å². The maximum Gasteiger partial charge on any atom is 0.228 e. The molecule has 0 spiro atoms. The van der Waals surface area contributed by atoms with E-state index in [1.807, 2.05) is 36.4 Å². The number of anilines is 2. The van der Waals surface area contributed by atoms with Gasteiger partial charge in [0, 0.05) is 18.3 Å². The van der Waals surface area contributed by atoms with Crippen LogP contribution in [0.5, 0.6) is 0 Å². The van der Waals surface area contributed by atoms with Crippen LogP contribution in [-0.4, -0.2) is 11.8 Å². The predicted molar refractivity (Wildman–Crippen MR) is 96.2 cm³/mol. The van der Waals surface area contributed by atoms with Crippen molar-refractivity contribution in [2.45, 2.75) is 39.0 Å². The van der Waals surface area contributed by atoms with Gasteiger partial charge < -0.3 is 10.6 Å². The highest BCUT2D eigenvalue weighted by molar-refractivity contribution is 5.93. The number of rotatable bonds is 4. The quantitative estimate of drug-likeness (QED) is 0.901. The summed E-state index contributed by atoms with van der Waals surface area (Å²) in [6.45, 7) is 1.47. The molecule has 0 aromatic heterocycles. The number of carbonyl (C=O) groups is 2. The van der Waals surface area contributed by atoms with Crippen molar-refractivity contribution in [3.8, 4) is 0 Å². The van der Waals surface area contributed by atoms with Crippen molar-refractivity contribution in [2.24, 2.45) is 0 Å². The smallest absolute Gasteiger partial charge is 0.228 e. The zero-order valence-corrected chi connectivity index (χ0v) is 13.9. The van der Waals surface area contributed by atoms with E-state index in [1.54, 1.807) is 0 Å². The van der Waals surface area contributed by atoms with E-state index in [0.29, 0.717) is 6.42 Å². The molecule has 4 nitrogen and oxygen atoms in total. The number of amides is 2. The van der Waals surface area contributed by atoms with Crippen LogP contribution in [0.3, 0.4) is 0 Å². The van der Waals surface area contributed by atoms with Gasteiger partial charge in [-0.15, -0.1) is 0 Å². The minimum atomic E-state index is -0.102. The summed E-state index contributed by atoms with van der Waals surface area (Å²) in [4.78, 5) is 23.4. The summed E-state index contributed by atoms with van der Waals surface area (Å²) >= 11 is 0. The second kappa shape index (κ2) is 7.30. The van der Waals surface area contributed by atoms with E-state index >= 15 is 0 Å². The van der Waals surface area contributed by atoms with Crippen LogP contribution in [0.2, 0.25) is 0 Å². The number of hydrogen-bond acceptors (Lipinski definition) is 2. The van der Waals surface area contributed by atoms with Crippen molar-refractivity contribution in [3.05, 3.63) is 59.2 Å². The molecule has 2 aromatic rings. The number of benzene rings is 2. The van der Waals surface area contributed by atoms with Crippen molar-refractivity contribution in [1.29, 1.82) is 0 Å². The molecule has 0 unspecified atom stereocenters. The molecular formula is C20H22N2O2. The lowest BCUT2D eigenvalue weighted by atomic mass is 9.90. The fraction of sp³-hybridized carbons (Fsp3) is 0.300. The molecule has 124 valence electrons. The Morgan fingerprint density at radius 2 is 1.71 bits per heavy atom. The highest BCUT2D eigenvalue weighted by Crippen LogP contribution is 2.27. The van der Waals surface area contributed by atoms with Gasteiger partial charge in [-0.05, 0) is 60.6 Å². The third-order valence-electron chi connectivity index (χ3n) is 4.31. The van der Waals surface area contributed by atoms with E-state index in [1.165, 1.54) is 30.9 Å². The van der Waals surface area contributed by atoms with Crippen LogP contribution < -0.4 is 10.6 Å². The Bertz CT molecular complexity index is 751. The van der Waals surface area contributed by atoms with Crippen LogP contribution in [0.4, 0.5) is 11.4 Å². The van der Waals surface area contributed by atoms with E-state index in [-0.39, 0.29) is 11.8 Å². The predicted octanol–water partition coefficient (Wildman–Crippen LogP) is 3.71. The van der Waals surface area contributed by atoms with Crippen LogP contribution in [0.1, 0.15) is 36.5 Å². The Kier molecular flexibility index (Phi) is 4.94. The SMILES string of the molecule is CC(=O)Nc1ccc(CC(=O)Nc2cccc3c2CCCC3)cc1. The first kappa shape index (κ1) is 16.2. The topological polar surface area (TPSA) is 58.2 Å². The molecule has 3 rings (SSSR count). The van der Waals surface area contributed by atoms with Gasteiger partial charge in [0.1, 0.15) is 0 Å². The number of hydrogen-bond donors (Lipinski definition) is 2. The lowest BCUT2D eigenvalue weighted by Gasteiger charge is -2.19. The third-order valence-corrected chi connectivity index (χ3v) is 4.31. The van der Waals surface area contributed by atoms with E-state index in [0.717, 1.165) is 29.8 Å². The van der Waals surface area contributed by atoms with Gasteiger partial charge in [0.15, 0.2) is 0 Å². The Balaban J connectivity index is 1.65. The average molecular weight is 322 g/mol. The molecule has 0 atom stereocenters. The second-order valence-corrected chi connectivity index (χ2v) is 6.25. The number of fused-ring (bicyclic) bond motifs is 1. The summed E-state index contributed by atoms with van der Waals surface area (Å²) in [5.74, 6) is -0.115.